The average molecular weight is 427 g/mol. The second-order valence-corrected chi connectivity index (χ2v) is 7.04. The molecule has 4 rings (SSSR count). The highest BCUT2D eigenvalue weighted by atomic mass is 32.2. The summed E-state index contributed by atoms with van der Waals surface area (Å²) in [6.07, 6.45) is -2.80. The van der Waals surface area contributed by atoms with E-state index in [1.165, 1.54) is 0 Å². The van der Waals surface area contributed by atoms with Gasteiger partial charge in [0.25, 0.3) is 0 Å². The van der Waals surface area contributed by atoms with Crippen molar-refractivity contribution in [3.8, 4) is 11.5 Å². The van der Waals surface area contributed by atoms with Gasteiger partial charge in [0, 0.05) is 19.3 Å². The lowest BCUT2D eigenvalue weighted by atomic mass is 10.3. The van der Waals surface area contributed by atoms with E-state index in [-0.39, 0.29) is 22.7 Å². The fraction of sp³-hybridized carbons (Fsp3) is 0.438. The van der Waals surface area contributed by atoms with Gasteiger partial charge in [0.2, 0.25) is 17.7 Å². The summed E-state index contributed by atoms with van der Waals surface area (Å²) >= 11 is 1.05. The van der Waals surface area contributed by atoms with Gasteiger partial charge in [-0.25, -0.2) is 0 Å². The monoisotopic (exact) mass is 427 g/mol. The van der Waals surface area contributed by atoms with Gasteiger partial charge in [0.15, 0.2) is 5.16 Å². The number of alkyl halides is 3. The van der Waals surface area contributed by atoms with Gasteiger partial charge in [0.1, 0.15) is 12.2 Å². The average Bonchev–Trinajstić information content (AvgIpc) is 3.34. The lowest BCUT2D eigenvalue weighted by Gasteiger charge is -2.28. The van der Waals surface area contributed by atoms with Crippen molar-refractivity contribution < 1.29 is 22.4 Å². The van der Waals surface area contributed by atoms with E-state index < -0.39 is 12.7 Å². The fourth-order valence-electron chi connectivity index (χ4n) is 2.74. The number of anilines is 1. The van der Waals surface area contributed by atoms with Crippen LogP contribution in [-0.4, -0.2) is 62.4 Å². The van der Waals surface area contributed by atoms with Crippen LogP contribution in [0.4, 0.5) is 19.1 Å². The van der Waals surface area contributed by atoms with Crippen molar-refractivity contribution in [3.63, 3.8) is 0 Å². The summed E-state index contributed by atoms with van der Waals surface area (Å²) in [6, 6.07) is 5.29. The Bertz CT molecular complexity index is 942. The Morgan fingerprint density at radius 2 is 1.97 bits per heavy atom. The van der Waals surface area contributed by atoms with Crippen LogP contribution in [0.25, 0.3) is 11.5 Å². The zero-order valence-corrected chi connectivity index (χ0v) is 15.9. The van der Waals surface area contributed by atoms with Gasteiger partial charge >= 0.3 is 6.18 Å². The quantitative estimate of drug-likeness (QED) is 0.550. The molecule has 1 fully saturated rings. The highest BCUT2D eigenvalue weighted by Gasteiger charge is 2.33. The van der Waals surface area contributed by atoms with Gasteiger partial charge in [-0.15, -0.1) is 10.2 Å². The lowest BCUT2D eigenvalue weighted by molar-refractivity contribution is -0.141. The normalized spacial score (nSPS) is 15.1. The fourth-order valence-corrected chi connectivity index (χ4v) is 3.51. The minimum Gasteiger partial charge on any atom is -0.378 e. The molecule has 13 heteroatoms. The molecule has 0 aliphatic carbocycles. The minimum absolute atomic E-state index is 0.126. The molecular weight excluding hydrogens is 411 g/mol. The Kier molecular flexibility index (Phi) is 5.67. The molecule has 1 aliphatic heterocycles. The maximum atomic E-state index is 13.1. The number of ether oxygens (including phenoxy) is 1. The van der Waals surface area contributed by atoms with E-state index in [1.807, 2.05) is 0 Å². The number of hydrogen-bond donors (Lipinski definition) is 0. The molecule has 0 unspecified atom stereocenters. The van der Waals surface area contributed by atoms with Crippen molar-refractivity contribution in [1.29, 1.82) is 0 Å². The molecule has 154 valence electrons. The minimum atomic E-state index is -4.41. The van der Waals surface area contributed by atoms with Crippen molar-refractivity contribution in [2.45, 2.75) is 23.6 Å². The molecule has 1 saturated heterocycles. The van der Waals surface area contributed by atoms with Crippen LogP contribution < -0.4 is 4.90 Å². The first-order chi connectivity index (χ1) is 14.0. The maximum absolute atomic E-state index is 13.1. The molecule has 3 aromatic rings. The van der Waals surface area contributed by atoms with Crippen LogP contribution in [0.2, 0.25) is 0 Å². The predicted molar refractivity (Wildman–Crippen MR) is 96.2 cm³/mol. The Morgan fingerprint density at radius 3 is 2.69 bits per heavy atom. The SMILES string of the molecule is FC(F)(F)Cn1c(SCc2nc(-c3ccccn3)no2)nnc1N1CCOCC1. The largest absolute Gasteiger partial charge is 0.406 e. The standard InChI is InChI=1S/C16H16F3N7O2S/c17-16(18,19)10-26-14(25-5-7-27-8-6-25)22-23-15(26)29-9-12-21-13(24-28-12)11-3-1-2-4-20-11/h1-4H,5-10H2. The molecular formula is C16H16F3N7O2S. The molecule has 1 aliphatic rings. The Balaban J connectivity index is 1.51. The molecule has 0 bridgehead atoms. The summed E-state index contributed by atoms with van der Waals surface area (Å²) in [4.78, 5) is 10.1. The molecule has 0 saturated carbocycles. The van der Waals surface area contributed by atoms with Crippen LogP contribution in [0.1, 0.15) is 5.89 Å². The van der Waals surface area contributed by atoms with Crippen LogP contribution in [0.15, 0.2) is 34.1 Å². The number of aromatic nitrogens is 6. The van der Waals surface area contributed by atoms with Gasteiger partial charge in [-0.1, -0.05) is 23.0 Å². The number of rotatable bonds is 6. The molecule has 3 aromatic heterocycles. The first-order valence-corrected chi connectivity index (χ1v) is 9.67. The zero-order valence-electron chi connectivity index (χ0n) is 15.0. The van der Waals surface area contributed by atoms with E-state index >= 15 is 0 Å². The Labute approximate surface area is 167 Å². The van der Waals surface area contributed by atoms with Crippen molar-refractivity contribution in [2.24, 2.45) is 0 Å². The van der Waals surface area contributed by atoms with Crippen LogP contribution >= 0.6 is 11.8 Å². The second-order valence-electron chi connectivity index (χ2n) is 6.10. The third-order valence-corrected chi connectivity index (χ3v) is 4.97. The molecule has 0 atom stereocenters. The van der Waals surface area contributed by atoms with Gasteiger partial charge in [-0.2, -0.15) is 18.2 Å². The number of pyridine rings is 1. The topological polar surface area (TPSA) is 95.0 Å². The van der Waals surface area contributed by atoms with E-state index in [9.17, 15) is 13.2 Å². The smallest absolute Gasteiger partial charge is 0.378 e. The highest BCUT2D eigenvalue weighted by Crippen LogP contribution is 2.29. The van der Waals surface area contributed by atoms with E-state index in [4.69, 9.17) is 9.26 Å². The number of nitrogens with zero attached hydrogens (tertiary/aromatic N) is 7. The Hall–Kier alpha value is -2.67. The maximum Gasteiger partial charge on any atom is 0.406 e. The molecule has 0 amide bonds. The highest BCUT2D eigenvalue weighted by molar-refractivity contribution is 7.98. The van der Waals surface area contributed by atoms with E-state index in [0.29, 0.717) is 37.8 Å². The molecule has 9 nitrogen and oxygen atoms in total. The van der Waals surface area contributed by atoms with Crippen LogP contribution in [0, 0.1) is 0 Å². The summed E-state index contributed by atoms with van der Waals surface area (Å²) in [6.45, 7) is 0.590. The van der Waals surface area contributed by atoms with Crippen molar-refractivity contribution in [3.05, 3.63) is 30.3 Å². The first-order valence-electron chi connectivity index (χ1n) is 8.69. The third kappa shape index (κ3) is 4.85. The van der Waals surface area contributed by atoms with Crippen LogP contribution in [0.5, 0.6) is 0 Å². The number of hydrogen-bond acceptors (Lipinski definition) is 9. The van der Waals surface area contributed by atoms with Gasteiger partial charge in [-0.3, -0.25) is 9.55 Å². The van der Waals surface area contributed by atoms with E-state index in [2.05, 4.69) is 25.3 Å². The van der Waals surface area contributed by atoms with Crippen molar-refractivity contribution in [1.82, 2.24) is 29.9 Å². The Morgan fingerprint density at radius 1 is 1.14 bits per heavy atom. The van der Waals surface area contributed by atoms with Gasteiger partial charge < -0.3 is 14.2 Å². The second kappa shape index (κ2) is 8.37. The van der Waals surface area contributed by atoms with E-state index in [0.717, 1.165) is 16.3 Å². The third-order valence-electron chi connectivity index (χ3n) is 4.02. The predicted octanol–water partition coefficient (Wildman–Crippen LogP) is 2.41. The number of halogens is 3. The summed E-state index contributed by atoms with van der Waals surface area (Å²) in [7, 11) is 0. The zero-order chi connectivity index (χ0) is 20.3. The molecule has 0 aromatic carbocycles. The lowest BCUT2D eigenvalue weighted by Crippen LogP contribution is -2.38. The summed E-state index contributed by atoms with van der Waals surface area (Å²) in [5.74, 6) is 0.892. The van der Waals surface area contributed by atoms with Gasteiger partial charge in [-0.05, 0) is 12.1 Å². The number of thioether (sulfide) groups is 1. The molecule has 0 N–H and O–H groups in total. The summed E-state index contributed by atoms with van der Waals surface area (Å²) in [5, 5.41) is 11.9. The molecule has 29 heavy (non-hydrogen) atoms. The molecule has 0 radical (unpaired) electrons. The van der Waals surface area contributed by atoms with Crippen molar-refractivity contribution in [2.75, 3.05) is 31.2 Å². The van der Waals surface area contributed by atoms with Crippen molar-refractivity contribution >= 4 is 17.7 Å². The summed E-state index contributed by atoms with van der Waals surface area (Å²) in [5.41, 5.74) is 0.544. The van der Waals surface area contributed by atoms with Gasteiger partial charge in [0.05, 0.1) is 19.0 Å². The summed E-state index contributed by atoms with van der Waals surface area (Å²) < 4.78 is 50.9. The number of morpholine rings is 1. The van der Waals surface area contributed by atoms with Crippen LogP contribution in [-0.2, 0) is 17.0 Å². The molecule has 0 spiro atoms. The van der Waals surface area contributed by atoms with E-state index in [1.54, 1.807) is 29.3 Å². The molecule has 4 heterocycles. The first kappa shape index (κ1) is 19.6. The van der Waals surface area contributed by atoms with Crippen LogP contribution in [0.3, 0.4) is 0 Å².